The van der Waals surface area contributed by atoms with Gasteiger partial charge in [0.05, 0.1) is 30.5 Å². The Morgan fingerprint density at radius 3 is 2.32 bits per heavy atom. The number of para-hydroxylation sites is 1. The van der Waals surface area contributed by atoms with Crippen LogP contribution in [0, 0.1) is 0 Å². The molecule has 0 unspecified atom stereocenters. The number of esters is 2. The lowest BCUT2D eigenvalue weighted by Gasteiger charge is -2.18. The van der Waals surface area contributed by atoms with Crippen LogP contribution in [0.15, 0.2) is 42.5 Å². The van der Waals surface area contributed by atoms with Crippen molar-refractivity contribution < 1.29 is 23.8 Å². The smallest absolute Gasteiger partial charge is 0.324 e. The Morgan fingerprint density at radius 1 is 1.04 bits per heavy atom. The van der Waals surface area contributed by atoms with Crippen molar-refractivity contribution in [2.45, 2.75) is 19.8 Å². The fourth-order valence-corrected chi connectivity index (χ4v) is 3.89. The second-order valence-electron chi connectivity index (χ2n) is 5.88. The number of methoxy groups -OCH3 is 1. The number of hydrogen-bond donors (Lipinski definition) is 0. The average Bonchev–Trinajstić information content (AvgIpc) is 3.13. The van der Waals surface area contributed by atoms with Gasteiger partial charge >= 0.3 is 11.9 Å². The molecule has 0 amide bonds. The van der Waals surface area contributed by atoms with Gasteiger partial charge in [-0.1, -0.05) is 18.2 Å². The van der Waals surface area contributed by atoms with Crippen LogP contribution in [-0.2, 0) is 19.1 Å². The molecular formula is C21H21NO5S. The van der Waals surface area contributed by atoms with Crippen molar-refractivity contribution >= 4 is 33.5 Å². The molecule has 0 bridgehead atoms. The minimum atomic E-state index is -1.19. The lowest BCUT2D eigenvalue weighted by atomic mass is 9.94. The zero-order valence-corrected chi connectivity index (χ0v) is 16.7. The Labute approximate surface area is 167 Å². The van der Waals surface area contributed by atoms with Crippen molar-refractivity contribution in [3.05, 3.63) is 48.0 Å². The third-order valence-electron chi connectivity index (χ3n) is 4.14. The minimum Gasteiger partial charge on any atom is -0.497 e. The van der Waals surface area contributed by atoms with E-state index in [1.54, 1.807) is 39.2 Å². The molecule has 7 heteroatoms. The second-order valence-corrected chi connectivity index (χ2v) is 6.91. The van der Waals surface area contributed by atoms with Crippen LogP contribution in [0.2, 0.25) is 0 Å². The first kappa shape index (κ1) is 19.8. The highest BCUT2D eigenvalue weighted by atomic mass is 32.1. The van der Waals surface area contributed by atoms with Gasteiger partial charge in [0.25, 0.3) is 0 Å². The van der Waals surface area contributed by atoms with E-state index < -0.39 is 17.9 Å². The Kier molecular flexibility index (Phi) is 6.26. The standard InChI is InChI=1S/C21H21NO5S/c1-4-26-20(23)18(21(24)27-5-2)14-11-10-13(25-3)12-15(14)19-22-16-8-6-7-9-17(16)28-19/h6-12,18H,4-5H2,1-3H3. The summed E-state index contributed by atoms with van der Waals surface area (Å²) in [6.45, 7) is 3.73. The van der Waals surface area contributed by atoms with Crippen LogP contribution in [0.25, 0.3) is 20.8 Å². The molecule has 0 aliphatic heterocycles. The summed E-state index contributed by atoms with van der Waals surface area (Å²) in [7, 11) is 1.56. The number of benzene rings is 2. The van der Waals surface area contributed by atoms with Gasteiger partial charge in [0.1, 0.15) is 10.8 Å². The molecule has 0 saturated carbocycles. The molecular weight excluding hydrogens is 378 g/mol. The van der Waals surface area contributed by atoms with Crippen molar-refractivity contribution in [1.29, 1.82) is 0 Å². The van der Waals surface area contributed by atoms with Gasteiger partial charge < -0.3 is 14.2 Å². The maximum absolute atomic E-state index is 12.6. The highest BCUT2D eigenvalue weighted by molar-refractivity contribution is 7.21. The largest absolute Gasteiger partial charge is 0.497 e. The predicted octanol–water partition coefficient (Wildman–Crippen LogP) is 4.18. The maximum Gasteiger partial charge on any atom is 0.324 e. The number of thiazole rings is 1. The van der Waals surface area contributed by atoms with Gasteiger partial charge in [0, 0.05) is 5.56 Å². The molecule has 2 aromatic carbocycles. The summed E-state index contributed by atoms with van der Waals surface area (Å²) in [4.78, 5) is 29.9. The summed E-state index contributed by atoms with van der Waals surface area (Å²) in [5.41, 5.74) is 1.98. The van der Waals surface area contributed by atoms with Gasteiger partial charge in [-0.05, 0) is 43.7 Å². The molecule has 0 saturated heterocycles. The minimum absolute atomic E-state index is 0.168. The number of carbonyl (C=O) groups is 2. The van der Waals surface area contributed by atoms with E-state index in [4.69, 9.17) is 14.2 Å². The number of carbonyl (C=O) groups excluding carboxylic acids is 2. The molecule has 1 aromatic heterocycles. The lowest BCUT2D eigenvalue weighted by Crippen LogP contribution is -2.26. The molecule has 0 aliphatic carbocycles. The average molecular weight is 399 g/mol. The van der Waals surface area contributed by atoms with Crippen molar-refractivity contribution in [2.24, 2.45) is 0 Å². The van der Waals surface area contributed by atoms with Crippen molar-refractivity contribution in [1.82, 2.24) is 4.98 Å². The molecule has 0 radical (unpaired) electrons. The third kappa shape index (κ3) is 3.99. The molecule has 3 rings (SSSR count). The van der Waals surface area contributed by atoms with Gasteiger partial charge in [0.2, 0.25) is 0 Å². The van der Waals surface area contributed by atoms with E-state index in [9.17, 15) is 9.59 Å². The van der Waals surface area contributed by atoms with Crippen molar-refractivity contribution in [2.75, 3.05) is 20.3 Å². The van der Waals surface area contributed by atoms with E-state index in [0.29, 0.717) is 21.9 Å². The normalized spacial score (nSPS) is 10.9. The first-order chi connectivity index (χ1) is 13.6. The molecule has 0 N–H and O–H groups in total. The Balaban J connectivity index is 2.17. The quantitative estimate of drug-likeness (QED) is 0.438. The van der Waals surface area contributed by atoms with E-state index in [1.807, 2.05) is 24.3 Å². The monoisotopic (exact) mass is 399 g/mol. The van der Waals surface area contributed by atoms with Crippen LogP contribution in [0.5, 0.6) is 5.75 Å². The zero-order valence-electron chi connectivity index (χ0n) is 15.9. The highest BCUT2D eigenvalue weighted by Gasteiger charge is 2.34. The molecule has 0 spiro atoms. The number of rotatable bonds is 7. The van der Waals surface area contributed by atoms with E-state index in [-0.39, 0.29) is 13.2 Å². The lowest BCUT2D eigenvalue weighted by molar-refractivity contribution is -0.156. The maximum atomic E-state index is 12.6. The SMILES string of the molecule is CCOC(=O)C(C(=O)OCC)c1ccc(OC)cc1-c1nc2ccccc2s1. The molecule has 3 aromatic rings. The summed E-state index contributed by atoms with van der Waals surface area (Å²) in [6, 6.07) is 12.9. The second kappa shape index (κ2) is 8.84. The fraction of sp³-hybridized carbons (Fsp3) is 0.286. The molecule has 28 heavy (non-hydrogen) atoms. The number of ether oxygens (including phenoxy) is 3. The summed E-state index contributed by atoms with van der Waals surface area (Å²) in [5.74, 6) is -1.88. The van der Waals surface area contributed by atoms with Crippen LogP contribution in [0.3, 0.4) is 0 Å². The van der Waals surface area contributed by atoms with E-state index in [0.717, 1.165) is 10.2 Å². The Hall–Kier alpha value is -2.93. The van der Waals surface area contributed by atoms with Crippen LogP contribution in [0.4, 0.5) is 0 Å². The van der Waals surface area contributed by atoms with E-state index in [1.165, 1.54) is 11.3 Å². The summed E-state index contributed by atoms with van der Waals surface area (Å²) in [5, 5.41) is 0.689. The Morgan fingerprint density at radius 2 is 1.71 bits per heavy atom. The van der Waals surface area contributed by atoms with Crippen LogP contribution in [-0.4, -0.2) is 37.2 Å². The summed E-state index contributed by atoms with van der Waals surface area (Å²) in [6.07, 6.45) is 0. The number of fused-ring (bicyclic) bond motifs is 1. The van der Waals surface area contributed by atoms with Crippen LogP contribution < -0.4 is 4.74 Å². The first-order valence-electron chi connectivity index (χ1n) is 8.96. The van der Waals surface area contributed by atoms with Crippen molar-refractivity contribution in [3.8, 4) is 16.3 Å². The van der Waals surface area contributed by atoms with Crippen LogP contribution in [0.1, 0.15) is 25.3 Å². The number of nitrogens with zero attached hydrogens (tertiary/aromatic N) is 1. The molecule has 0 atom stereocenters. The fourth-order valence-electron chi connectivity index (χ4n) is 2.89. The number of hydrogen-bond acceptors (Lipinski definition) is 7. The molecule has 0 fully saturated rings. The van der Waals surface area contributed by atoms with Gasteiger partial charge in [-0.25, -0.2) is 4.98 Å². The molecule has 1 heterocycles. The van der Waals surface area contributed by atoms with Gasteiger partial charge in [-0.15, -0.1) is 11.3 Å². The summed E-state index contributed by atoms with van der Waals surface area (Å²) >= 11 is 1.48. The Bertz CT molecular complexity index is 946. The molecule has 6 nitrogen and oxygen atoms in total. The van der Waals surface area contributed by atoms with Gasteiger partial charge in [0.15, 0.2) is 5.92 Å². The zero-order chi connectivity index (χ0) is 20.1. The summed E-state index contributed by atoms with van der Waals surface area (Å²) < 4.78 is 16.6. The predicted molar refractivity (Wildman–Crippen MR) is 108 cm³/mol. The highest BCUT2D eigenvalue weighted by Crippen LogP contribution is 2.38. The van der Waals surface area contributed by atoms with Gasteiger partial charge in [-0.3, -0.25) is 9.59 Å². The van der Waals surface area contributed by atoms with Crippen molar-refractivity contribution in [3.63, 3.8) is 0 Å². The van der Waals surface area contributed by atoms with Crippen LogP contribution >= 0.6 is 11.3 Å². The van der Waals surface area contributed by atoms with E-state index >= 15 is 0 Å². The molecule has 0 aliphatic rings. The molecule has 146 valence electrons. The number of aromatic nitrogens is 1. The van der Waals surface area contributed by atoms with Gasteiger partial charge in [-0.2, -0.15) is 0 Å². The first-order valence-corrected chi connectivity index (χ1v) is 9.77. The topological polar surface area (TPSA) is 74.7 Å². The van der Waals surface area contributed by atoms with E-state index in [2.05, 4.69) is 4.98 Å². The third-order valence-corrected chi connectivity index (χ3v) is 5.21.